The highest BCUT2D eigenvalue weighted by Crippen LogP contribution is 2.46. The number of nitrogens with zero attached hydrogens (tertiary/aromatic N) is 7. The van der Waals surface area contributed by atoms with Gasteiger partial charge in [-0.2, -0.15) is 0 Å². The van der Waals surface area contributed by atoms with E-state index in [4.69, 9.17) is 0 Å². The molecule has 0 bridgehead atoms. The number of benzene rings is 15. The van der Waals surface area contributed by atoms with Gasteiger partial charge in [0.2, 0.25) is 6.71 Å². The van der Waals surface area contributed by atoms with Gasteiger partial charge in [0.25, 0.3) is 0 Å². The van der Waals surface area contributed by atoms with Crippen molar-refractivity contribution in [1.82, 2.24) is 22.8 Å². The molecule has 0 unspecified atom stereocenters. The standard InChI is InChI=1S/C91H60BN7/c1-93(60-24-4-2-5-25-60)89-57-66(99-86-52-49-63(96-80-38-18-10-30-69(80)70-31-11-19-39-81(70)96)54-75(86)76-55-64(50-53-87(76)99)97-82-40-20-12-32-71(82)72-33-13-21-41-83(72)97)58-90-91(89)92(59-44-46-62(47-45-59)94-78-36-16-8-28-67(78)68-29-9-17-37-79(68)94)77-51-48-65(56-88(77)95(90)61-26-6-3-7-27-61)98-84-42-22-14-34-73(84)74-35-15-23-43-85(74)98/h2-58H,1H3. The summed E-state index contributed by atoms with van der Waals surface area (Å²) in [4.78, 5) is 4.99. The van der Waals surface area contributed by atoms with Gasteiger partial charge in [0.05, 0.1) is 60.9 Å². The highest BCUT2D eigenvalue weighted by atomic mass is 15.2. The van der Waals surface area contributed by atoms with Crippen LogP contribution in [0.25, 0.3) is 137 Å². The molecule has 20 aromatic rings. The van der Waals surface area contributed by atoms with Gasteiger partial charge in [-0.05, 0) is 157 Å². The van der Waals surface area contributed by atoms with Gasteiger partial charge in [0.1, 0.15) is 0 Å². The third kappa shape index (κ3) is 8.14. The molecule has 1 aliphatic heterocycles. The zero-order chi connectivity index (χ0) is 65.0. The summed E-state index contributed by atoms with van der Waals surface area (Å²) in [6.45, 7) is -0.231. The Morgan fingerprint density at radius 3 is 0.960 bits per heavy atom. The van der Waals surface area contributed by atoms with Crippen LogP contribution in [0.3, 0.4) is 0 Å². The summed E-state index contributed by atoms with van der Waals surface area (Å²) in [7, 11) is 2.26. The second-order valence-corrected chi connectivity index (χ2v) is 26.4. The summed E-state index contributed by atoms with van der Waals surface area (Å²) in [5, 5.41) is 12.2. The first kappa shape index (κ1) is 55.3. The Bertz CT molecular complexity index is 6320. The molecule has 8 heteroatoms. The van der Waals surface area contributed by atoms with E-state index in [9.17, 15) is 0 Å². The van der Waals surface area contributed by atoms with Crippen molar-refractivity contribution in [1.29, 1.82) is 0 Å². The molecule has 99 heavy (non-hydrogen) atoms. The van der Waals surface area contributed by atoms with Gasteiger partial charge in [0.15, 0.2) is 0 Å². The van der Waals surface area contributed by atoms with Crippen LogP contribution in [0.2, 0.25) is 0 Å². The average Bonchev–Trinajstić information content (AvgIpc) is 1.62. The minimum absolute atomic E-state index is 0.231. The zero-order valence-electron chi connectivity index (χ0n) is 54.1. The van der Waals surface area contributed by atoms with Crippen molar-refractivity contribution in [3.63, 3.8) is 0 Å². The van der Waals surface area contributed by atoms with Gasteiger partial charge >= 0.3 is 0 Å². The minimum Gasteiger partial charge on any atom is -0.345 e. The monoisotopic (exact) mass is 1260 g/mol. The van der Waals surface area contributed by atoms with Crippen LogP contribution in [0.15, 0.2) is 346 Å². The van der Waals surface area contributed by atoms with Crippen molar-refractivity contribution >= 4 is 161 Å². The summed E-state index contributed by atoms with van der Waals surface area (Å²) in [6, 6.07) is 129. The summed E-state index contributed by atoms with van der Waals surface area (Å²) < 4.78 is 12.3. The zero-order valence-corrected chi connectivity index (χ0v) is 54.1. The normalized spacial score (nSPS) is 12.5. The first-order chi connectivity index (χ1) is 49.1. The van der Waals surface area contributed by atoms with Crippen LogP contribution in [0.1, 0.15) is 0 Å². The van der Waals surface area contributed by atoms with E-state index < -0.39 is 0 Å². The van der Waals surface area contributed by atoms with Crippen LogP contribution in [-0.2, 0) is 0 Å². The molecule has 0 amide bonds. The molecule has 0 spiro atoms. The summed E-state index contributed by atoms with van der Waals surface area (Å²) in [6.07, 6.45) is 0. The second kappa shape index (κ2) is 21.5. The lowest BCUT2D eigenvalue weighted by Gasteiger charge is -2.40. The maximum Gasteiger partial charge on any atom is 0.249 e. The fourth-order valence-corrected chi connectivity index (χ4v) is 17.1. The van der Waals surface area contributed by atoms with Crippen LogP contribution in [0.4, 0.5) is 28.4 Å². The summed E-state index contributed by atoms with van der Waals surface area (Å²) >= 11 is 0. The minimum atomic E-state index is -0.231. The smallest absolute Gasteiger partial charge is 0.249 e. The largest absolute Gasteiger partial charge is 0.345 e. The Balaban J connectivity index is 0.862. The first-order valence-electron chi connectivity index (χ1n) is 34.2. The molecule has 0 saturated carbocycles. The van der Waals surface area contributed by atoms with Crippen molar-refractivity contribution in [2.24, 2.45) is 0 Å². The predicted octanol–water partition coefficient (Wildman–Crippen LogP) is 21.2. The molecule has 21 rings (SSSR count). The maximum atomic E-state index is 2.56. The Kier molecular flexibility index (Phi) is 12.0. The van der Waals surface area contributed by atoms with Crippen LogP contribution >= 0.6 is 0 Å². The fourth-order valence-electron chi connectivity index (χ4n) is 17.1. The van der Waals surface area contributed by atoms with E-state index in [0.29, 0.717) is 0 Å². The lowest BCUT2D eigenvalue weighted by molar-refractivity contribution is 1.14. The molecule has 0 saturated heterocycles. The lowest BCUT2D eigenvalue weighted by atomic mass is 9.34. The van der Waals surface area contributed by atoms with Crippen molar-refractivity contribution in [2.75, 3.05) is 16.8 Å². The molecule has 0 radical (unpaired) electrons. The maximum absolute atomic E-state index is 2.56. The van der Waals surface area contributed by atoms with Crippen LogP contribution in [0, 0.1) is 0 Å². The molecule has 5 aromatic heterocycles. The summed E-state index contributed by atoms with van der Waals surface area (Å²) in [5.74, 6) is 0. The van der Waals surface area contributed by atoms with E-state index >= 15 is 0 Å². The second-order valence-electron chi connectivity index (χ2n) is 26.4. The van der Waals surface area contributed by atoms with E-state index in [-0.39, 0.29) is 6.71 Å². The molecular weight excluding hydrogens is 1200 g/mol. The van der Waals surface area contributed by atoms with Crippen LogP contribution in [0.5, 0.6) is 0 Å². The molecule has 15 aromatic carbocycles. The predicted molar refractivity (Wildman–Crippen MR) is 418 cm³/mol. The van der Waals surface area contributed by atoms with E-state index in [1.807, 2.05) is 0 Å². The van der Waals surface area contributed by atoms with Crippen LogP contribution < -0.4 is 26.2 Å². The van der Waals surface area contributed by atoms with E-state index in [2.05, 4.69) is 385 Å². The van der Waals surface area contributed by atoms with Crippen molar-refractivity contribution in [3.8, 4) is 28.4 Å². The summed E-state index contributed by atoms with van der Waals surface area (Å²) in [5.41, 5.74) is 26.2. The third-order valence-corrected chi connectivity index (χ3v) is 21.3. The lowest BCUT2D eigenvalue weighted by Crippen LogP contribution is -2.58. The van der Waals surface area contributed by atoms with Crippen LogP contribution in [-0.4, -0.2) is 36.6 Å². The number of fused-ring (bicyclic) bond motifs is 17. The van der Waals surface area contributed by atoms with Crippen molar-refractivity contribution in [2.45, 2.75) is 0 Å². The van der Waals surface area contributed by atoms with Gasteiger partial charge in [-0.3, -0.25) is 0 Å². The Morgan fingerprint density at radius 2 is 0.545 bits per heavy atom. The molecule has 0 N–H and O–H groups in total. The highest BCUT2D eigenvalue weighted by Gasteiger charge is 2.40. The topological polar surface area (TPSA) is 31.1 Å². The van der Waals surface area contributed by atoms with E-state index in [1.54, 1.807) is 0 Å². The molecule has 1 aliphatic rings. The Hall–Kier alpha value is -13.0. The van der Waals surface area contributed by atoms with E-state index in [0.717, 1.165) is 78.7 Å². The Morgan fingerprint density at radius 1 is 0.232 bits per heavy atom. The average molecular weight is 1260 g/mol. The van der Waals surface area contributed by atoms with Gasteiger partial charge in [0, 0.05) is 112 Å². The molecule has 7 nitrogen and oxygen atoms in total. The number of anilines is 5. The van der Waals surface area contributed by atoms with Gasteiger partial charge in [-0.15, -0.1) is 0 Å². The number of para-hydroxylation sites is 10. The molecule has 0 atom stereocenters. The number of hydrogen-bond donors (Lipinski definition) is 0. The van der Waals surface area contributed by atoms with Crippen molar-refractivity contribution in [3.05, 3.63) is 346 Å². The number of aromatic nitrogens is 5. The first-order valence-corrected chi connectivity index (χ1v) is 34.2. The fraction of sp³-hybridized carbons (Fsp3) is 0.0110. The SMILES string of the molecule is CN(c1ccccc1)c1cc(-n2c3ccc(-n4c5ccccc5c5ccccc54)cc3c3cc(-n4c5ccccc5c5ccccc54)ccc32)cc2c1B(c1ccc(-n3c4ccccc4c4ccccc43)cc1)c1ccc(-n3c4ccccc4c4ccccc43)cc1N2c1ccccc1. The molecule has 462 valence electrons. The van der Waals surface area contributed by atoms with Gasteiger partial charge in [-0.1, -0.05) is 206 Å². The molecule has 0 aliphatic carbocycles. The number of rotatable bonds is 9. The molecular formula is C91H60BN7. The quantitative estimate of drug-likeness (QED) is 0.135. The third-order valence-electron chi connectivity index (χ3n) is 21.3. The van der Waals surface area contributed by atoms with Crippen molar-refractivity contribution < 1.29 is 0 Å². The van der Waals surface area contributed by atoms with Gasteiger partial charge < -0.3 is 32.6 Å². The molecule has 0 fully saturated rings. The van der Waals surface area contributed by atoms with Gasteiger partial charge in [-0.25, -0.2) is 0 Å². The number of hydrogen-bond acceptors (Lipinski definition) is 2. The molecule has 6 heterocycles. The van der Waals surface area contributed by atoms with E-state index in [1.165, 1.54) is 104 Å². The highest BCUT2D eigenvalue weighted by molar-refractivity contribution is 6.99. The Labute approximate surface area is 571 Å².